The predicted molar refractivity (Wildman–Crippen MR) is 142 cm³/mol. The predicted octanol–water partition coefficient (Wildman–Crippen LogP) is 6.69. The molecule has 0 aliphatic carbocycles. The molecule has 4 rings (SSSR count). The molecule has 0 unspecified atom stereocenters. The number of carbonyl (C=O) groups excluding carboxylic acids is 2. The fourth-order valence-corrected chi connectivity index (χ4v) is 4.03. The first kappa shape index (κ1) is 25.2. The van der Waals surface area contributed by atoms with Crippen LogP contribution in [0.4, 0.5) is 0 Å². The van der Waals surface area contributed by atoms with E-state index in [0.29, 0.717) is 28.8 Å². The lowest BCUT2D eigenvalue weighted by Gasteiger charge is -2.12. The van der Waals surface area contributed by atoms with E-state index in [2.05, 4.69) is 28.1 Å². The van der Waals surface area contributed by atoms with Crippen molar-refractivity contribution in [2.75, 3.05) is 13.2 Å². The third kappa shape index (κ3) is 7.06. The first-order valence-electron chi connectivity index (χ1n) is 11.6. The van der Waals surface area contributed by atoms with E-state index in [0.717, 1.165) is 12.0 Å². The maximum atomic E-state index is 12.8. The van der Waals surface area contributed by atoms with Crippen LogP contribution in [-0.4, -0.2) is 25.2 Å². The fraction of sp³-hybridized carbons (Fsp3) is 0.133. The average molecular weight is 545 g/mol. The first-order chi connectivity index (χ1) is 17.6. The Hall–Kier alpha value is -3.90. The number of ether oxygens (including phenoxy) is 3. The minimum Gasteiger partial charge on any atom is -0.492 e. The largest absolute Gasteiger partial charge is 0.492 e. The van der Waals surface area contributed by atoms with Gasteiger partial charge in [-0.1, -0.05) is 72.8 Å². The Morgan fingerprint density at radius 1 is 0.639 bits per heavy atom. The molecular formula is C30H25BrO5. The van der Waals surface area contributed by atoms with Crippen molar-refractivity contribution < 1.29 is 23.8 Å². The molecule has 0 amide bonds. The third-order valence-corrected chi connectivity index (χ3v) is 6.05. The second-order valence-electron chi connectivity index (χ2n) is 7.99. The SMILES string of the molecule is O=C(Oc1ccccc1C(=O)OCCc1ccccc1)c1ccc(OCCc2ccccc2)c(Br)c1. The second kappa shape index (κ2) is 12.7. The number of carbonyl (C=O) groups is 2. The molecule has 0 aromatic heterocycles. The van der Waals surface area contributed by atoms with Crippen LogP contribution in [0, 0.1) is 0 Å². The molecule has 4 aromatic carbocycles. The van der Waals surface area contributed by atoms with E-state index in [1.54, 1.807) is 42.5 Å². The van der Waals surface area contributed by atoms with Gasteiger partial charge in [-0.2, -0.15) is 0 Å². The highest BCUT2D eigenvalue weighted by Gasteiger charge is 2.18. The Morgan fingerprint density at radius 3 is 1.92 bits per heavy atom. The van der Waals surface area contributed by atoms with Crippen LogP contribution in [-0.2, 0) is 17.6 Å². The molecule has 0 aliphatic heterocycles. The van der Waals surface area contributed by atoms with Crippen molar-refractivity contribution in [2.45, 2.75) is 12.8 Å². The van der Waals surface area contributed by atoms with Crippen molar-refractivity contribution in [3.05, 3.63) is 130 Å². The van der Waals surface area contributed by atoms with Gasteiger partial charge in [0.1, 0.15) is 17.1 Å². The quantitative estimate of drug-likeness (QED) is 0.164. The summed E-state index contributed by atoms with van der Waals surface area (Å²) in [6, 6.07) is 31.4. The molecule has 0 N–H and O–H groups in total. The van der Waals surface area contributed by atoms with Gasteiger partial charge in [-0.3, -0.25) is 0 Å². The highest BCUT2D eigenvalue weighted by Crippen LogP contribution is 2.27. The van der Waals surface area contributed by atoms with E-state index >= 15 is 0 Å². The van der Waals surface area contributed by atoms with Crippen molar-refractivity contribution in [2.24, 2.45) is 0 Å². The Labute approximate surface area is 218 Å². The molecule has 6 heteroatoms. The summed E-state index contributed by atoms with van der Waals surface area (Å²) in [6.45, 7) is 0.732. The maximum absolute atomic E-state index is 12.8. The van der Waals surface area contributed by atoms with E-state index < -0.39 is 11.9 Å². The minimum absolute atomic E-state index is 0.145. The number of halogens is 1. The molecule has 5 nitrogen and oxygen atoms in total. The Bertz CT molecular complexity index is 1310. The molecule has 0 aliphatic rings. The maximum Gasteiger partial charge on any atom is 0.343 e. The number of benzene rings is 4. The summed E-state index contributed by atoms with van der Waals surface area (Å²) >= 11 is 3.47. The zero-order valence-corrected chi connectivity index (χ0v) is 21.1. The molecule has 0 atom stereocenters. The Morgan fingerprint density at radius 2 is 1.25 bits per heavy atom. The third-order valence-electron chi connectivity index (χ3n) is 5.44. The van der Waals surface area contributed by atoms with Gasteiger partial charge in [-0.05, 0) is 57.4 Å². The van der Waals surface area contributed by atoms with Gasteiger partial charge in [0.05, 0.1) is 23.2 Å². The molecule has 0 heterocycles. The van der Waals surface area contributed by atoms with Crippen LogP contribution >= 0.6 is 15.9 Å². The van der Waals surface area contributed by atoms with Crippen molar-refractivity contribution in [3.8, 4) is 11.5 Å². The van der Waals surface area contributed by atoms with E-state index in [4.69, 9.17) is 14.2 Å². The van der Waals surface area contributed by atoms with Gasteiger partial charge in [-0.15, -0.1) is 0 Å². The average Bonchev–Trinajstić information content (AvgIpc) is 2.91. The molecule has 0 saturated heterocycles. The molecule has 0 saturated carbocycles. The summed E-state index contributed by atoms with van der Waals surface area (Å²) in [6.07, 6.45) is 1.37. The molecule has 0 bridgehead atoms. The lowest BCUT2D eigenvalue weighted by Crippen LogP contribution is -2.14. The Kier molecular flexibility index (Phi) is 8.89. The highest BCUT2D eigenvalue weighted by molar-refractivity contribution is 9.10. The van der Waals surface area contributed by atoms with Crippen LogP contribution in [0.5, 0.6) is 11.5 Å². The summed E-state index contributed by atoms with van der Waals surface area (Å²) in [7, 11) is 0. The molecule has 0 radical (unpaired) electrons. The lowest BCUT2D eigenvalue weighted by atomic mass is 10.1. The van der Waals surface area contributed by atoms with Crippen LogP contribution in [0.25, 0.3) is 0 Å². The minimum atomic E-state index is -0.587. The van der Waals surface area contributed by atoms with E-state index in [-0.39, 0.29) is 17.9 Å². The number of para-hydroxylation sites is 1. The van der Waals surface area contributed by atoms with E-state index in [1.807, 2.05) is 48.5 Å². The smallest absolute Gasteiger partial charge is 0.343 e. The van der Waals surface area contributed by atoms with Crippen LogP contribution in [0.2, 0.25) is 0 Å². The first-order valence-corrected chi connectivity index (χ1v) is 12.4. The summed E-state index contributed by atoms with van der Waals surface area (Å²) in [4.78, 5) is 25.5. The van der Waals surface area contributed by atoms with Crippen molar-refractivity contribution in [3.63, 3.8) is 0 Å². The number of rotatable bonds is 10. The number of hydrogen-bond donors (Lipinski definition) is 0. The molecule has 0 spiro atoms. The molecule has 4 aromatic rings. The van der Waals surface area contributed by atoms with Crippen molar-refractivity contribution in [1.82, 2.24) is 0 Å². The van der Waals surface area contributed by atoms with Crippen molar-refractivity contribution >= 4 is 27.9 Å². The standard InChI is InChI=1S/C30H25BrO5/c31-26-21-24(15-16-28(26)34-19-17-22-9-3-1-4-10-22)29(32)36-27-14-8-7-13-25(27)30(33)35-20-18-23-11-5-2-6-12-23/h1-16,21H,17-20H2. The van der Waals surface area contributed by atoms with Crippen LogP contribution in [0.3, 0.4) is 0 Å². The zero-order valence-electron chi connectivity index (χ0n) is 19.6. The number of esters is 2. The van der Waals surface area contributed by atoms with Gasteiger partial charge in [-0.25, -0.2) is 9.59 Å². The monoisotopic (exact) mass is 544 g/mol. The fourth-order valence-electron chi connectivity index (χ4n) is 3.54. The van der Waals surface area contributed by atoms with Gasteiger partial charge < -0.3 is 14.2 Å². The van der Waals surface area contributed by atoms with Gasteiger partial charge in [0, 0.05) is 12.8 Å². The summed E-state index contributed by atoms with van der Waals surface area (Å²) in [5, 5.41) is 0. The lowest BCUT2D eigenvalue weighted by molar-refractivity contribution is 0.0504. The second-order valence-corrected chi connectivity index (χ2v) is 8.84. The number of hydrogen-bond acceptors (Lipinski definition) is 5. The van der Waals surface area contributed by atoms with Gasteiger partial charge >= 0.3 is 11.9 Å². The summed E-state index contributed by atoms with van der Waals surface area (Å²) < 4.78 is 17.5. The van der Waals surface area contributed by atoms with Crippen molar-refractivity contribution in [1.29, 1.82) is 0 Å². The topological polar surface area (TPSA) is 61.8 Å². The normalized spacial score (nSPS) is 10.5. The van der Waals surface area contributed by atoms with E-state index in [1.165, 1.54) is 5.56 Å². The van der Waals surface area contributed by atoms with Crippen LogP contribution in [0.15, 0.2) is 108 Å². The molecular weight excluding hydrogens is 520 g/mol. The molecule has 36 heavy (non-hydrogen) atoms. The molecule has 0 fully saturated rings. The van der Waals surface area contributed by atoms with E-state index in [9.17, 15) is 9.59 Å². The summed E-state index contributed by atoms with van der Waals surface area (Å²) in [5.74, 6) is -0.356. The van der Waals surface area contributed by atoms with Crippen LogP contribution in [0.1, 0.15) is 31.8 Å². The van der Waals surface area contributed by atoms with Gasteiger partial charge in [0.25, 0.3) is 0 Å². The zero-order chi connectivity index (χ0) is 25.2. The highest BCUT2D eigenvalue weighted by atomic mass is 79.9. The van der Waals surface area contributed by atoms with Gasteiger partial charge in [0.15, 0.2) is 0 Å². The van der Waals surface area contributed by atoms with Crippen LogP contribution < -0.4 is 9.47 Å². The Balaban J connectivity index is 1.34. The molecule has 182 valence electrons. The van der Waals surface area contributed by atoms with Gasteiger partial charge in [0.2, 0.25) is 0 Å². The summed E-state index contributed by atoms with van der Waals surface area (Å²) in [5.41, 5.74) is 2.78.